The summed E-state index contributed by atoms with van der Waals surface area (Å²) >= 11 is 1.38. The van der Waals surface area contributed by atoms with E-state index < -0.39 is 0 Å². The van der Waals surface area contributed by atoms with Crippen LogP contribution in [0.4, 0.5) is 0 Å². The number of methoxy groups -OCH3 is 2. The minimum Gasteiger partial charge on any atom is -0.493 e. The van der Waals surface area contributed by atoms with E-state index in [0.29, 0.717) is 59.6 Å². The number of amides is 1. The highest BCUT2D eigenvalue weighted by Crippen LogP contribution is 2.35. The Morgan fingerprint density at radius 1 is 1.00 bits per heavy atom. The van der Waals surface area contributed by atoms with Crippen LogP contribution in [-0.2, 0) is 24.3 Å². The third kappa shape index (κ3) is 6.14. The third-order valence-electron chi connectivity index (χ3n) is 6.94. The highest BCUT2D eigenvalue weighted by molar-refractivity contribution is 8.00. The fourth-order valence-electron chi connectivity index (χ4n) is 4.70. The number of carbonyl (C=O) groups is 1. The van der Waals surface area contributed by atoms with E-state index in [-0.39, 0.29) is 11.2 Å². The van der Waals surface area contributed by atoms with Gasteiger partial charge in [-0.2, -0.15) is 9.61 Å². The summed E-state index contributed by atoms with van der Waals surface area (Å²) in [6.07, 6.45) is 1.22. The first-order chi connectivity index (χ1) is 19.8. The summed E-state index contributed by atoms with van der Waals surface area (Å²) in [5, 5.41) is 13.5. The molecule has 1 atom stereocenters. The van der Waals surface area contributed by atoms with Crippen LogP contribution in [0.5, 0.6) is 11.5 Å². The van der Waals surface area contributed by atoms with Crippen molar-refractivity contribution in [2.45, 2.75) is 64.0 Å². The molecule has 0 aliphatic carbocycles. The van der Waals surface area contributed by atoms with Gasteiger partial charge < -0.3 is 14.8 Å². The topological polar surface area (TPSA) is 108 Å². The van der Waals surface area contributed by atoms with Gasteiger partial charge in [0.05, 0.1) is 30.7 Å². The number of aryl methyl sites for hydroxylation is 5. The van der Waals surface area contributed by atoms with E-state index in [4.69, 9.17) is 24.5 Å². The second kappa shape index (κ2) is 12.2. The van der Waals surface area contributed by atoms with Crippen LogP contribution in [0.25, 0.3) is 16.6 Å². The maximum Gasteiger partial charge on any atom is 0.233 e. The third-order valence-corrected chi connectivity index (χ3v) is 8.25. The largest absolute Gasteiger partial charge is 0.493 e. The Morgan fingerprint density at radius 2 is 1.73 bits per heavy atom. The van der Waals surface area contributed by atoms with Crippen molar-refractivity contribution in [1.29, 1.82) is 0 Å². The molecule has 11 heteroatoms. The zero-order valence-electron chi connectivity index (χ0n) is 24.3. The van der Waals surface area contributed by atoms with Gasteiger partial charge in [0.25, 0.3) is 0 Å². The van der Waals surface area contributed by atoms with Gasteiger partial charge in [0, 0.05) is 36.7 Å². The Kier molecular flexibility index (Phi) is 8.44. The molecule has 2 aromatic carbocycles. The van der Waals surface area contributed by atoms with Crippen molar-refractivity contribution in [2.75, 3.05) is 14.2 Å². The molecule has 5 rings (SSSR count). The summed E-state index contributed by atoms with van der Waals surface area (Å²) in [6, 6.07) is 13.9. The van der Waals surface area contributed by atoms with E-state index in [0.717, 1.165) is 22.3 Å². The van der Waals surface area contributed by atoms with Gasteiger partial charge >= 0.3 is 0 Å². The Hall–Kier alpha value is -4.12. The number of ether oxygens (including phenoxy) is 2. The van der Waals surface area contributed by atoms with Gasteiger partial charge in [0.15, 0.2) is 28.1 Å². The molecule has 0 bridgehead atoms. The van der Waals surface area contributed by atoms with Gasteiger partial charge in [-0.15, -0.1) is 5.10 Å². The summed E-state index contributed by atoms with van der Waals surface area (Å²) in [5.74, 6) is 1.77. The minimum absolute atomic E-state index is 0.0506. The van der Waals surface area contributed by atoms with Gasteiger partial charge in [0.1, 0.15) is 0 Å². The molecular weight excluding hydrogens is 538 g/mol. The lowest BCUT2D eigenvalue weighted by Gasteiger charge is -2.16. The number of aromatic nitrogens is 6. The zero-order valence-corrected chi connectivity index (χ0v) is 25.1. The number of thioether (sulfide) groups is 1. The van der Waals surface area contributed by atoms with Crippen molar-refractivity contribution in [3.63, 3.8) is 0 Å². The first-order valence-corrected chi connectivity index (χ1v) is 14.5. The van der Waals surface area contributed by atoms with E-state index in [1.807, 2.05) is 68.8 Å². The van der Waals surface area contributed by atoms with Crippen molar-refractivity contribution < 1.29 is 14.3 Å². The number of hydrogen-bond donors (Lipinski definition) is 1. The first-order valence-electron chi connectivity index (χ1n) is 13.6. The van der Waals surface area contributed by atoms with Crippen LogP contribution in [0.1, 0.15) is 41.7 Å². The molecule has 1 N–H and O–H groups in total. The van der Waals surface area contributed by atoms with Crippen molar-refractivity contribution in [2.24, 2.45) is 0 Å². The van der Waals surface area contributed by atoms with Crippen LogP contribution in [0, 0.1) is 20.8 Å². The molecule has 0 aliphatic rings. The molecule has 0 saturated heterocycles. The molecule has 1 amide bonds. The second-order valence-corrected chi connectivity index (χ2v) is 11.2. The molecule has 3 heterocycles. The van der Waals surface area contributed by atoms with Crippen LogP contribution >= 0.6 is 11.8 Å². The molecule has 10 nitrogen and oxygen atoms in total. The molecule has 5 aromatic rings. The van der Waals surface area contributed by atoms with Crippen molar-refractivity contribution in [1.82, 2.24) is 34.7 Å². The number of benzene rings is 2. The van der Waals surface area contributed by atoms with E-state index >= 15 is 0 Å². The number of fused-ring (bicyclic) bond motifs is 3. The molecule has 0 spiro atoms. The Labute approximate surface area is 243 Å². The van der Waals surface area contributed by atoms with Crippen LogP contribution < -0.4 is 14.8 Å². The van der Waals surface area contributed by atoms with Crippen LogP contribution in [0.3, 0.4) is 0 Å². The van der Waals surface area contributed by atoms with Gasteiger partial charge in [-0.25, -0.2) is 9.97 Å². The Morgan fingerprint density at radius 3 is 2.39 bits per heavy atom. The number of nitrogens with one attached hydrogen (secondary N) is 1. The molecule has 41 heavy (non-hydrogen) atoms. The lowest BCUT2D eigenvalue weighted by molar-refractivity contribution is -0.120. The van der Waals surface area contributed by atoms with E-state index in [2.05, 4.69) is 16.5 Å². The van der Waals surface area contributed by atoms with Gasteiger partial charge in [0.2, 0.25) is 5.91 Å². The maximum atomic E-state index is 13.2. The van der Waals surface area contributed by atoms with Crippen LogP contribution in [0.15, 0.2) is 47.6 Å². The lowest BCUT2D eigenvalue weighted by Crippen LogP contribution is -2.32. The summed E-state index contributed by atoms with van der Waals surface area (Å²) < 4.78 is 14.8. The van der Waals surface area contributed by atoms with Crippen molar-refractivity contribution in [3.8, 4) is 11.5 Å². The van der Waals surface area contributed by atoms with Crippen LogP contribution in [0.2, 0.25) is 0 Å². The second-order valence-electron chi connectivity index (χ2n) is 10.0. The SMILES string of the molecule is CC[C@H](Sc1nc2cc(OC)c(OC)cc2c2nc(CCn3nc(C)cc3C)nn12)C(=O)NCc1ccc(C)cc1. The summed E-state index contributed by atoms with van der Waals surface area (Å²) in [4.78, 5) is 23.1. The van der Waals surface area contributed by atoms with E-state index in [1.54, 1.807) is 18.7 Å². The molecular formula is C30H35N7O3S. The van der Waals surface area contributed by atoms with Gasteiger partial charge in [-0.1, -0.05) is 48.5 Å². The lowest BCUT2D eigenvalue weighted by atomic mass is 10.1. The van der Waals surface area contributed by atoms with Crippen LogP contribution in [-0.4, -0.2) is 54.7 Å². The fourth-order valence-corrected chi connectivity index (χ4v) is 5.69. The molecule has 0 saturated carbocycles. The van der Waals surface area contributed by atoms with Gasteiger partial charge in [-0.3, -0.25) is 9.48 Å². The molecule has 0 fully saturated rings. The molecule has 0 unspecified atom stereocenters. The van der Waals surface area contributed by atoms with E-state index in [1.165, 1.54) is 17.3 Å². The number of hydrogen-bond acceptors (Lipinski definition) is 8. The molecule has 214 valence electrons. The number of carbonyl (C=O) groups excluding carboxylic acids is 1. The summed E-state index contributed by atoms with van der Waals surface area (Å²) in [6.45, 7) is 9.18. The average Bonchev–Trinajstić information content (AvgIpc) is 3.55. The van der Waals surface area contributed by atoms with Gasteiger partial charge in [-0.05, 0) is 44.9 Å². The fraction of sp³-hybridized carbons (Fsp3) is 0.367. The molecule has 3 aromatic heterocycles. The molecule has 0 aliphatic heterocycles. The monoisotopic (exact) mass is 573 g/mol. The van der Waals surface area contributed by atoms with Crippen molar-refractivity contribution >= 4 is 34.2 Å². The highest BCUT2D eigenvalue weighted by Gasteiger charge is 2.23. The zero-order chi connectivity index (χ0) is 29.1. The quantitative estimate of drug-likeness (QED) is 0.177. The Bertz CT molecular complexity index is 1690. The first kappa shape index (κ1) is 28.4. The standard InChI is InChI=1S/C30H35N7O3S/c1-7-26(29(38)31-17-21-10-8-18(2)9-11-21)41-30-32-23-16-25(40-6)24(39-5)15-22(23)28-33-27(35-37(28)30)12-13-36-20(4)14-19(3)34-36/h8-11,14-16,26H,7,12-13,17H2,1-6H3,(H,31,38)/t26-/m0/s1. The van der Waals surface area contributed by atoms with E-state index in [9.17, 15) is 4.79 Å². The normalized spacial score (nSPS) is 12.1. The van der Waals surface area contributed by atoms with Crippen molar-refractivity contribution in [3.05, 3.63) is 70.8 Å². The smallest absolute Gasteiger partial charge is 0.233 e. The predicted molar refractivity (Wildman–Crippen MR) is 160 cm³/mol. The number of nitrogens with zero attached hydrogens (tertiary/aromatic N) is 6. The highest BCUT2D eigenvalue weighted by atomic mass is 32.2. The average molecular weight is 574 g/mol. The number of rotatable bonds is 11. The Balaban J connectivity index is 1.48. The summed E-state index contributed by atoms with van der Waals surface area (Å²) in [7, 11) is 3.20. The minimum atomic E-state index is -0.365. The molecule has 0 radical (unpaired) electrons. The summed E-state index contributed by atoms with van der Waals surface area (Å²) in [5.41, 5.74) is 5.65. The predicted octanol–water partition coefficient (Wildman–Crippen LogP) is 4.85. The maximum absolute atomic E-state index is 13.2.